The van der Waals surface area contributed by atoms with Crippen LogP contribution in [0.15, 0.2) is 48.5 Å². The molecule has 0 aliphatic heterocycles. The predicted octanol–water partition coefficient (Wildman–Crippen LogP) is 2.59. The molecule has 104 valence electrons. The monoisotopic (exact) mass is 272 g/mol. The molecule has 0 aliphatic carbocycles. The van der Waals surface area contributed by atoms with E-state index in [1.807, 2.05) is 24.3 Å². The van der Waals surface area contributed by atoms with Gasteiger partial charge in [0.25, 0.3) is 0 Å². The molecule has 0 unspecified atom stereocenters. The maximum absolute atomic E-state index is 10.7. The van der Waals surface area contributed by atoms with Gasteiger partial charge in [-0.1, -0.05) is 36.4 Å². The average molecular weight is 272 g/mol. The molecule has 0 heterocycles. The van der Waals surface area contributed by atoms with Gasteiger partial charge in [-0.25, -0.2) is 4.79 Å². The normalized spacial score (nSPS) is 10.4. The number of carboxylic acid groups (broad SMARTS) is 1. The molecule has 2 aromatic carbocycles. The van der Waals surface area contributed by atoms with Crippen LogP contribution in [0.4, 0.5) is 0 Å². The number of benzene rings is 2. The summed E-state index contributed by atoms with van der Waals surface area (Å²) in [6, 6.07) is 14.2. The minimum absolute atomic E-state index is 0.0183. The lowest BCUT2D eigenvalue weighted by Crippen LogP contribution is -1.98. The quantitative estimate of drug-likeness (QED) is 0.848. The first kappa shape index (κ1) is 14.2. The highest BCUT2D eigenvalue weighted by Gasteiger charge is 2.02. The Kier molecular flexibility index (Phi) is 4.87. The molecule has 0 fully saturated rings. The van der Waals surface area contributed by atoms with Gasteiger partial charge in [0.2, 0.25) is 0 Å². The first-order valence-corrected chi connectivity index (χ1v) is 6.27. The summed E-state index contributed by atoms with van der Waals surface area (Å²) in [6.45, 7) is 0.891. The van der Waals surface area contributed by atoms with E-state index in [9.17, 15) is 4.79 Å². The summed E-state index contributed by atoms with van der Waals surface area (Å²) in [5.74, 6) is -0.932. The van der Waals surface area contributed by atoms with Gasteiger partial charge < -0.3 is 14.9 Å². The molecule has 2 N–H and O–H groups in total. The molecule has 4 heteroatoms. The second-order valence-electron chi connectivity index (χ2n) is 4.47. The van der Waals surface area contributed by atoms with Gasteiger partial charge in [0.05, 0.1) is 25.4 Å². The van der Waals surface area contributed by atoms with Crippen molar-refractivity contribution in [2.24, 2.45) is 0 Å². The van der Waals surface area contributed by atoms with E-state index in [1.165, 1.54) is 0 Å². The SMILES string of the molecule is O=C(O)c1ccc(COCc2cccc(CO)c2)cc1. The van der Waals surface area contributed by atoms with Crippen LogP contribution in [0.2, 0.25) is 0 Å². The number of carbonyl (C=O) groups is 1. The molecule has 2 aromatic rings. The first-order chi connectivity index (χ1) is 9.69. The summed E-state index contributed by atoms with van der Waals surface area (Å²) in [5.41, 5.74) is 3.05. The van der Waals surface area contributed by atoms with Crippen molar-refractivity contribution in [3.63, 3.8) is 0 Å². The maximum Gasteiger partial charge on any atom is 0.335 e. The van der Waals surface area contributed by atoms with E-state index in [1.54, 1.807) is 24.3 Å². The van der Waals surface area contributed by atoms with Gasteiger partial charge in [0, 0.05) is 0 Å². The van der Waals surface area contributed by atoms with E-state index < -0.39 is 5.97 Å². The van der Waals surface area contributed by atoms with Gasteiger partial charge in [-0.15, -0.1) is 0 Å². The maximum atomic E-state index is 10.7. The van der Waals surface area contributed by atoms with Crippen molar-refractivity contribution in [2.75, 3.05) is 0 Å². The summed E-state index contributed by atoms with van der Waals surface area (Å²) in [7, 11) is 0. The minimum atomic E-state index is -0.932. The standard InChI is InChI=1S/C16H16O4/c17-9-13-2-1-3-14(8-13)11-20-10-12-4-6-15(7-5-12)16(18)19/h1-8,17H,9-11H2,(H,18,19). The zero-order chi connectivity index (χ0) is 14.4. The number of ether oxygens (including phenoxy) is 1. The topological polar surface area (TPSA) is 66.8 Å². The van der Waals surface area contributed by atoms with Crippen LogP contribution in [0.25, 0.3) is 0 Å². The molecule has 0 amide bonds. The van der Waals surface area contributed by atoms with Crippen LogP contribution in [-0.2, 0) is 24.6 Å². The highest BCUT2D eigenvalue weighted by molar-refractivity contribution is 5.87. The van der Waals surface area contributed by atoms with E-state index in [4.69, 9.17) is 14.9 Å². The van der Waals surface area contributed by atoms with Gasteiger partial charge in [-0.3, -0.25) is 0 Å². The van der Waals surface area contributed by atoms with Crippen molar-refractivity contribution >= 4 is 5.97 Å². The summed E-state index contributed by atoms with van der Waals surface area (Å²) in [6.07, 6.45) is 0. The first-order valence-electron chi connectivity index (χ1n) is 6.27. The van der Waals surface area contributed by atoms with E-state index in [0.29, 0.717) is 13.2 Å². The van der Waals surface area contributed by atoms with Crippen molar-refractivity contribution in [3.05, 3.63) is 70.8 Å². The number of rotatable bonds is 6. The van der Waals surface area contributed by atoms with Crippen molar-refractivity contribution in [1.29, 1.82) is 0 Å². The Labute approximate surface area is 117 Å². The zero-order valence-corrected chi connectivity index (χ0v) is 11.0. The number of aliphatic hydroxyl groups is 1. The number of carboxylic acids is 1. The largest absolute Gasteiger partial charge is 0.478 e. The van der Waals surface area contributed by atoms with Crippen LogP contribution in [0, 0.1) is 0 Å². The fraction of sp³-hybridized carbons (Fsp3) is 0.188. The van der Waals surface area contributed by atoms with Crippen LogP contribution < -0.4 is 0 Å². The van der Waals surface area contributed by atoms with Gasteiger partial charge in [0.15, 0.2) is 0 Å². The number of aromatic carboxylic acids is 1. The summed E-state index contributed by atoms with van der Waals surface area (Å²) >= 11 is 0. The molecule has 0 spiro atoms. The second kappa shape index (κ2) is 6.84. The lowest BCUT2D eigenvalue weighted by Gasteiger charge is -2.06. The van der Waals surface area contributed by atoms with Crippen LogP contribution in [-0.4, -0.2) is 16.2 Å². The van der Waals surface area contributed by atoms with Gasteiger partial charge in [0.1, 0.15) is 0 Å². The molecule has 0 atom stereocenters. The molecule has 20 heavy (non-hydrogen) atoms. The van der Waals surface area contributed by atoms with E-state index >= 15 is 0 Å². The van der Waals surface area contributed by atoms with Gasteiger partial charge in [-0.2, -0.15) is 0 Å². The van der Waals surface area contributed by atoms with E-state index in [-0.39, 0.29) is 12.2 Å². The number of hydrogen-bond acceptors (Lipinski definition) is 3. The Morgan fingerprint density at radius 1 is 0.950 bits per heavy atom. The third-order valence-electron chi connectivity index (χ3n) is 2.91. The zero-order valence-electron chi connectivity index (χ0n) is 11.0. The lowest BCUT2D eigenvalue weighted by atomic mass is 10.1. The summed E-state index contributed by atoms with van der Waals surface area (Å²) in [4.78, 5) is 10.7. The second-order valence-corrected chi connectivity index (χ2v) is 4.47. The number of aliphatic hydroxyl groups excluding tert-OH is 1. The van der Waals surface area contributed by atoms with Gasteiger partial charge >= 0.3 is 5.97 Å². The Hall–Kier alpha value is -2.17. The number of hydrogen-bond donors (Lipinski definition) is 2. The predicted molar refractivity (Wildman–Crippen MR) is 74.3 cm³/mol. The minimum Gasteiger partial charge on any atom is -0.478 e. The smallest absolute Gasteiger partial charge is 0.335 e. The molecule has 4 nitrogen and oxygen atoms in total. The van der Waals surface area contributed by atoms with E-state index in [0.717, 1.165) is 16.7 Å². The fourth-order valence-electron chi connectivity index (χ4n) is 1.85. The fourth-order valence-corrected chi connectivity index (χ4v) is 1.85. The van der Waals surface area contributed by atoms with Crippen molar-refractivity contribution < 1.29 is 19.7 Å². The van der Waals surface area contributed by atoms with Crippen molar-refractivity contribution in [3.8, 4) is 0 Å². The van der Waals surface area contributed by atoms with Crippen LogP contribution in [0.1, 0.15) is 27.0 Å². The Morgan fingerprint density at radius 3 is 2.25 bits per heavy atom. The highest BCUT2D eigenvalue weighted by Crippen LogP contribution is 2.10. The highest BCUT2D eigenvalue weighted by atomic mass is 16.5. The molecular weight excluding hydrogens is 256 g/mol. The Balaban J connectivity index is 1.87. The van der Waals surface area contributed by atoms with Crippen molar-refractivity contribution in [2.45, 2.75) is 19.8 Å². The summed E-state index contributed by atoms with van der Waals surface area (Å²) < 4.78 is 5.58. The van der Waals surface area contributed by atoms with Gasteiger partial charge in [-0.05, 0) is 28.8 Å². The third-order valence-corrected chi connectivity index (χ3v) is 2.91. The molecule has 0 radical (unpaired) electrons. The molecule has 0 bridgehead atoms. The molecule has 2 rings (SSSR count). The molecule has 0 aromatic heterocycles. The van der Waals surface area contributed by atoms with Crippen molar-refractivity contribution in [1.82, 2.24) is 0 Å². The average Bonchev–Trinajstić information content (AvgIpc) is 2.48. The Morgan fingerprint density at radius 2 is 1.60 bits per heavy atom. The molecule has 0 aliphatic rings. The molecule has 0 saturated heterocycles. The molecule has 0 saturated carbocycles. The Bertz CT molecular complexity index is 575. The van der Waals surface area contributed by atoms with E-state index in [2.05, 4.69) is 0 Å². The lowest BCUT2D eigenvalue weighted by molar-refractivity contribution is 0.0696. The van der Waals surface area contributed by atoms with Crippen LogP contribution in [0.3, 0.4) is 0 Å². The third kappa shape index (κ3) is 3.91. The summed E-state index contributed by atoms with van der Waals surface area (Å²) in [5, 5.41) is 17.8. The molecular formula is C16H16O4. The van der Waals surface area contributed by atoms with Crippen LogP contribution in [0.5, 0.6) is 0 Å². The van der Waals surface area contributed by atoms with Crippen LogP contribution >= 0.6 is 0 Å².